The fourth-order valence-corrected chi connectivity index (χ4v) is 2.70. The van der Waals surface area contributed by atoms with Gasteiger partial charge in [0, 0.05) is 5.92 Å². The molecule has 0 amide bonds. The number of benzene rings is 1. The smallest absolute Gasteiger partial charge is 0.129 e. The molecule has 2 heteroatoms. The molecular formula is C20H27FO. The first kappa shape index (κ1) is 18.4. The first-order valence-corrected chi connectivity index (χ1v) is 7.82. The van der Waals surface area contributed by atoms with Gasteiger partial charge < -0.3 is 5.11 Å². The molecule has 0 aromatic heterocycles. The Bertz CT molecular complexity index is 590. The minimum atomic E-state index is -0.0785. The first-order chi connectivity index (χ1) is 10.4. The number of halogens is 1. The summed E-state index contributed by atoms with van der Waals surface area (Å²) in [5, 5.41) is 9.59. The van der Waals surface area contributed by atoms with Crippen LogP contribution in [0.5, 0.6) is 0 Å². The Morgan fingerprint density at radius 3 is 2.05 bits per heavy atom. The van der Waals surface area contributed by atoms with Crippen LogP contribution in [-0.2, 0) is 19.4 Å². The van der Waals surface area contributed by atoms with Gasteiger partial charge in [-0.1, -0.05) is 50.8 Å². The van der Waals surface area contributed by atoms with E-state index in [0.717, 1.165) is 34.2 Å². The molecule has 0 saturated carbocycles. The molecule has 1 nitrogen and oxygen atoms in total. The summed E-state index contributed by atoms with van der Waals surface area (Å²) < 4.78 is 14.3. The highest BCUT2D eigenvalue weighted by Crippen LogP contribution is 2.39. The molecule has 0 bridgehead atoms. The lowest BCUT2D eigenvalue weighted by molar-refractivity contribution is 0.279. The third-order valence-electron chi connectivity index (χ3n) is 3.99. The summed E-state index contributed by atoms with van der Waals surface area (Å²) in [6.45, 7) is 14.7. The maximum atomic E-state index is 14.3. The Hall–Kier alpha value is -1.67. The quantitative estimate of drug-likeness (QED) is 0.589. The molecule has 1 aliphatic rings. The van der Waals surface area contributed by atoms with Crippen molar-refractivity contribution in [2.75, 3.05) is 0 Å². The van der Waals surface area contributed by atoms with Crippen LogP contribution in [0.4, 0.5) is 4.39 Å². The summed E-state index contributed by atoms with van der Waals surface area (Å²) in [6, 6.07) is 0. The van der Waals surface area contributed by atoms with Gasteiger partial charge in [0.1, 0.15) is 5.82 Å². The molecule has 0 spiro atoms. The Morgan fingerprint density at radius 1 is 1.23 bits per heavy atom. The average Bonchev–Trinajstić information content (AvgIpc) is 3.34. The predicted molar refractivity (Wildman–Crippen MR) is 92.7 cm³/mol. The Balaban J connectivity index is 0.000000422. The van der Waals surface area contributed by atoms with Crippen molar-refractivity contribution in [2.45, 2.75) is 53.1 Å². The summed E-state index contributed by atoms with van der Waals surface area (Å²) in [7, 11) is 0. The molecule has 0 aliphatic heterocycles. The number of aliphatic hydroxyl groups excluding tert-OH is 1. The van der Waals surface area contributed by atoms with Crippen molar-refractivity contribution in [2.24, 2.45) is 0 Å². The molecule has 0 heterocycles. The zero-order chi connectivity index (χ0) is 16.9. The van der Waals surface area contributed by atoms with E-state index in [1.54, 1.807) is 6.08 Å². The van der Waals surface area contributed by atoms with Gasteiger partial charge in [0.05, 0.1) is 6.61 Å². The highest BCUT2D eigenvalue weighted by molar-refractivity contribution is 5.54. The van der Waals surface area contributed by atoms with Crippen LogP contribution in [0.2, 0.25) is 0 Å². The molecule has 1 aliphatic carbocycles. The lowest BCUT2D eigenvalue weighted by atomic mass is 9.86. The van der Waals surface area contributed by atoms with Crippen LogP contribution in [0.15, 0.2) is 37.0 Å². The van der Waals surface area contributed by atoms with E-state index in [4.69, 9.17) is 0 Å². The second-order valence-corrected chi connectivity index (χ2v) is 5.61. The van der Waals surface area contributed by atoms with Gasteiger partial charge in [0.2, 0.25) is 0 Å². The van der Waals surface area contributed by atoms with Crippen LogP contribution in [0.3, 0.4) is 0 Å². The topological polar surface area (TPSA) is 20.2 Å². The van der Waals surface area contributed by atoms with Gasteiger partial charge in [-0.2, -0.15) is 0 Å². The summed E-state index contributed by atoms with van der Waals surface area (Å²) in [4.78, 5) is 0. The van der Waals surface area contributed by atoms with Crippen LogP contribution < -0.4 is 0 Å². The molecule has 120 valence electrons. The van der Waals surface area contributed by atoms with E-state index < -0.39 is 0 Å². The highest BCUT2D eigenvalue weighted by atomic mass is 19.1. The molecule has 0 saturated heterocycles. The van der Waals surface area contributed by atoms with Gasteiger partial charge in [-0.05, 0) is 54.5 Å². The van der Waals surface area contributed by atoms with E-state index in [1.165, 1.54) is 0 Å². The third-order valence-corrected chi connectivity index (χ3v) is 3.99. The Kier molecular flexibility index (Phi) is 6.76. The highest BCUT2D eigenvalue weighted by Gasteiger charge is 2.26. The molecule has 1 aromatic carbocycles. The van der Waals surface area contributed by atoms with Crippen LogP contribution in [0, 0.1) is 12.7 Å². The molecule has 22 heavy (non-hydrogen) atoms. The van der Waals surface area contributed by atoms with Gasteiger partial charge in [0.25, 0.3) is 0 Å². The zero-order valence-electron chi connectivity index (χ0n) is 14.2. The number of hydrogen-bond acceptors (Lipinski definition) is 1. The van der Waals surface area contributed by atoms with Crippen LogP contribution in [-0.4, -0.2) is 5.11 Å². The first-order valence-electron chi connectivity index (χ1n) is 7.82. The van der Waals surface area contributed by atoms with Gasteiger partial charge in [0.15, 0.2) is 0 Å². The Labute approximate surface area is 133 Å². The maximum Gasteiger partial charge on any atom is 0.129 e. The summed E-state index contributed by atoms with van der Waals surface area (Å²) in [6.07, 6.45) is 7.28. The monoisotopic (exact) mass is 302 g/mol. The van der Waals surface area contributed by atoms with E-state index in [0.29, 0.717) is 12.0 Å². The van der Waals surface area contributed by atoms with Crippen molar-refractivity contribution >= 4 is 0 Å². The van der Waals surface area contributed by atoms with Crippen LogP contribution in [0.25, 0.3) is 0 Å². The molecule has 1 N–H and O–H groups in total. The standard InChI is InChI=1S/C15H19FO.C5H8/c1-4-11-9(3)15(16)12(5-2)14(10-6-7-10)13(11)8-17;1-4-5(2)3/h6-7,10,17H,4-5,8H2,1-3H3;4H,1-2H2,3H3. The van der Waals surface area contributed by atoms with Crippen molar-refractivity contribution in [3.63, 3.8) is 0 Å². The second kappa shape index (κ2) is 8.09. The zero-order valence-corrected chi connectivity index (χ0v) is 14.2. The minimum absolute atomic E-state index is 0.00477. The molecular weight excluding hydrogens is 275 g/mol. The van der Waals surface area contributed by atoms with Crippen molar-refractivity contribution < 1.29 is 9.50 Å². The minimum Gasteiger partial charge on any atom is -0.392 e. The van der Waals surface area contributed by atoms with Crippen LogP contribution >= 0.6 is 0 Å². The van der Waals surface area contributed by atoms with Crippen LogP contribution in [0.1, 0.15) is 54.5 Å². The van der Waals surface area contributed by atoms with E-state index in [1.807, 2.05) is 27.7 Å². The lowest BCUT2D eigenvalue weighted by Gasteiger charge is -2.20. The number of hydrogen-bond donors (Lipinski definition) is 1. The summed E-state index contributed by atoms with van der Waals surface area (Å²) in [5.74, 6) is 0.165. The molecule has 1 aromatic rings. The van der Waals surface area contributed by atoms with E-state index in [-0.39, 0.29) is 18.3 Å². The summed E-state index contributed by atoms with van der Waals surface area (Å²) >= 11 is 0. The fourth-order valence-electron chi connectivity index (χ4n) is 2.70. The second-order valence-electron chi connectivity index (χ2n) is 5.61. The van der Waals surface area contributed by atoms with Crippen molar-refractivity contribution in [1.82, 2.24) is 0 Å². The normalized spacial score (nSPS) is 12.6. The van der Waals surface area contributed by atoms with E-state index in [9.17, 15) is 9.50 Å². The van der Waals surface area contributed by atoms with Gasteiger partial charge in [-0.15, -0.1) is 0 Å². The molecule has 0 radical (unpaired) electrons. The van der Waals surface area contributed by atoms with Crippen molar-refractivity contribution in [1.29, 1.82) is 0 Å². The Morgan fingerprint density at radius 2 is 1.73 bits per heavy atom. The largest absolute Gasteiger partial charge is 0.392 e. The average molecular weight is 302 g/mol. The molecule has 0 atom stereocenters. The van der Waals surface area contributed by atoms with Gasteiger partial charge in [-0.3, -0.25) is 0 Å². The van der Waals surface area contributed by atoms with E-state index in [2.05, 4.69) is 25.3 Å². The number of aliphatic hydroxyl groups is 1. The molecule has 0 fully saturated rings. The maximum absolute atomic E-state index is 14.3. The fraction of sp³-hybridized carbons (Fsp3) is 0.400. The molecule has 2 rings (SSSR count). The number of allylic oxidation sites excluding steroid dienone is 4. The van der Waals surface area contributed by atoms with Crippen molar-refractivity contribution in [3.8, 4) is 0 Å². The summed E-state index contributed by atoms with van der Waals surface area (Å²) in [5.41, 5.74) is 5.43. The third kappa shape index (κ3) is 3.95. The van der Waals surface area contributed by atoms with E-state index >= 15 is 0 Å². The number of rotatable bonds is 5. The predicted octanol–water partition coefficient (Wildman–Crippen LogP) is 5.15. The SMILES string of the molecule is C=CC(=C)C.CCc1c(C)c(F)c(CC)c(C2C=C2)c1CO. The van der Waals surface area contributed by atoms with Gasteiger partial charge in [-0.25, -0.2) is 4.39 Å². The molecule has 0 unspecified atom stereocenters. The van der Waals surface area contributed by atoms with Gasteiger partial charge >= 0.3 is 0 Å². The lowest BCUT2D eigenvalue weighted by Crippen LogP contribution is -2.10. The van der Waals surface area contributed by atoms with Crippen molar-refractivity contribution in [3.05, 3.63) is 70.6 Å².